The highest BCUT2D eigenvalue weighted by atomic mass is 32.2. The maximum Gasteiger partial charge on any atom is 0.254 e. The van der Waals surface area contributed by atoms with Gasteiger partial charge in [-0.05, 0) is 25.5 Å². The molecule has 1 aliphatic heterocycles. The van der Waals surface area contributed by atoms with Crippen LogP contribution in [0.4, 0.5) is 8.78 Å². The second-order valence-electron chi connectivity index (χ2n) is 4.81. The number of nitrogens with zero attached hydrogens (tertiary/aromatic N) is 1. The van der Waals surface area contributed by atoms with Crippen molar-refractivity contribution in [2.75, 3.05) is 18.1 Å². The molecule has 1 unspecified atom stereocenters. The molecule has 0 N–H and O–H groups in total. The first-order chi connectivity index (χ1) is 9.32. The first-order valence-electron chi connectivity index (χ1n) is 6.30. The molecule has 4 nitrogen and oxygen atoms in total. The first kappa shape index (κ1) is 14.9. The van der Waals surface area contributed by atoms with E-state index in [1.165, 1.54) is 4.90 Å². The van der Waals surface area contributed by atoms with Gasteiger partial charge in [0.2, 0.25) is 0 Å². The second kappa shape index (κ2) is 5.47. The lowest BCUT2D eigenvalue weighted by atomic mass is 10.1. The first-order valence-corrected chi connectivity index (χ1v) is 8.12. The van der Waals surface area contributed by atoms with E-state index in [9.17, 15) is 22.0 Å². The topological polar surface area (TPSA) is 54.5 Å². The molecule has 110 valence electrons. The smallest absolute Gasteiger partial charge is 0.254 e. The molecule has 0 aliphatic carbocycles. The normalized spacial score (nSPS) is 20.9. The summed E-state index contributed by atoms with van der Waals surface area (Å²) in [6, 6.07) is 2.17. The van der Waals surface area contributed by atoms with Crippen LogP contribution in [0.5, 0.6) is 0 Å². The Labute approximate surface area is 116 Å². The van der Waals surface area contributed by atoms with Gasteiger partial charge in [0.15, 0.2) is 9.84 Å². The van der Waals surface area contributed by atoms with Crippen molar-refractivity contribution in [3.63, 3.8) is 0 Å². The van der Waals surface area contributed by atoms with Gasteiger partial charge in [0.25, 0.3) is 5.91 Å². The van der Waals surface area contributed by atoms with Gasteiger partial charge in [-0.3, -0.25) is 4.79 Å². The summed E-state index contributed by atoms with van der Waals surface area (Å²) in [6.45, 7) is 2.00. The van der Waals surface area contributed by atoms with Gasteiger partial charge in [-0.2, -0.15) is 0 Å². The fraction of sp³-hybridized carbons (Fsp3) is 0.462. The fourth-order valence-electron chi connectivity index (χ4n) is 2.43. The third-order valence-corrected chi connectivity index (χ3v) is 5.11. The summed E-state index contributed by atoms with van der Waals surface area (Å²) in [4.78, 5) is 13.6. The van der Waals surface area contributed by atoms with E-state index in [1.54, 1.807) is 6.92 Å². The highest BCUT2D eigenvalue weighted by Gasteiger charge is 2.34. The Kier molecular flexibility index (Phi) is 4.08. The molecule has 20 heavy (non-hydrogen) atoms. The highest BCUT2D eigenvalue weighted by molar-refractivity contribution is 7.91. The van der Waals surface area contributed by atoms with E-state index in [2.05, 4.69) is 0 Å². The summed E-state index contributed by atoms with van der Waals surface area (Å²) in [5.41, 5.74) is -0.103. The number of hydrogen-bond acceptors (Lipinski definition) is 3. The average Bonchev–Trinajstić information content (AvgIpc) is 2.69. The molecule has 1 saturated heterocycles. The maximum absolute atomic E-state index is 13.1. The molecule has 1 heterocycles. The molecule has 0 aromatic heterocycles. The lowest BCUT2D eigenvalue weighted by Gasteiger charge is -2.27. The summed E-state index contributed by atoms with van der Waals surface area (Å²) in [5, 5.41) is 0. The molecule has 0 spiro atoms. The molecule has 0 saturated carbocycles. The summed E-state index contributed by atoms with van der Waals surface area (Å²) < 4.78 is 49.2. The lowest BCUT2D eigenvalue weighted by Crippen LogP contribution is -2.41. The molecule has 0 bridgehead atoms. The summed E-state index contributed by atoms with van der Waals surface area (Å²) in [6.07, 6.45) is 0.361. The van der Waals surface area contributed by atoms with Crippen molar-refractivity contribution in [2.45, 2.75) is 19.4 Å². The Morgan fingerprint density at radius 1 is 1.30 bits per heavy atom. The SMILES string of the molecule is CCN(C(=O)c1cc(F)cc(F)c1)C1CCS(=O)(=O)C1. The molecule has 1 atom stereocenters. The molecule has 1 aliphatic rings. The number of halogens is 2. The van der Waals surface area contributed by atoms with Crippen molar-refractivity contribution in [1.82, 2.24) is 4.90 Å². The quantitative estimate of drug-likeness (QED) is 0.852. The van der Waals surface area contributed by atoms with Gasteiger partial charge in [-0.15, -0.1) is 0 Å². The number of benzene rings is 1. The van der Waals surface area contributed by atoms with Crippen LogP contribution in [-0.4, -0.2) is 43.3 Å². The van der Waals surface area contributed by atoms with E-state index in [-0.39, 0.29) is 23.6 Å². The number of carbonyl (C=O) groups is 1. The fourth-order valence-corrected chi connectivity index (χ4v) is 4.16. The summed E-state index contributed by atoms with van der Waals surface area (Å²) in [5.74, 6) is -2.26. The van der Waals surface area contributed by atoms with Crippen molar-refractivity contribution in [3.05, 3.63) is 35.4 Å². The van der Waals surface area contributed by atoms with Gasteiger partial charge < -0.3 is 4.90 Å². The van der Waals surface area contributed by atoms with Crippen molar-refractivity contribution in [2.24, 2.45) is 0 Å². The van der Waals surface area contributed by atoms with Crippen molar-refractivity contribution in [3.8, 4) is 0 Å². The largest absolute Gasteiger partial charge is 0.335 e. The zero-order chi connectivity index (χ0) is 14.9. The van der Waals surface area contributed by atoms with Crippen LogP contribution in [0.1, 0.15) is 23.7 Å². The Hall–Kier alpha value is -1.50. The van der Waals surface area contributed by atoms with Gasteiger partial charge in [0.05, 0.1) is 11.5 Å². The molecule has 7 heteroatoms. The number of hydrogen-bond donors (Lipinski definition) is 0. The van der Waals surface area contributed by atoms with Crippen LogP contribution in [-0.2, 0) is 9.84 Å². The van der Waals surface area contributed by atoms with Crippen LogP contribution in [0.3, 0.4) is 0 Å². The maximum atomic E-state index is 13.1. The predicted molar refractivity (Wildman–Crippen MR) is 70.1 cm³/mol. The minimum absolute atomic E-state index is 0.0406. The Balaban J connectivity index is 2.25. The van der Waals surface area contributed by atoms with E-state index in [0.29, 0.717) is 12.5 Å². The van der Waals surface area contributed by atoms with Gasteiger partial charge >= 0.3 is 0 Å². The number of amides is 1. The molecule has 1 amide bonds. The third kappa shape index (κ3) is 3.15. The second-order valence-corrected chi connectivity index (χ2v) is 7.03. The monoisotopic (exact) mass is 303 g/mol. The Morgan fingerprint density at radius 2 is 1.90 bits per heavy atom. The zero-order valence-corrected chi connectivity index (χ0v) is 11.8. The summed E-state index contributed by atoms with van der Waals surface area (Å²) in [7, 11) is -3.12. The van der Waals surface area contributed by atoms with Crippen LogP contribution in [0, 0.1) is 11.6 Å². The molecule has 1 aromatic carbocycles. The Morgan fingerprint density at radius 3 is 2.35 bits per heavy atom. The third-order valence-electron chi connectivity index (χ3n) is 3.36. The molecule has 1 fully saturated rings. The molecule has 2 rings (SSSR count). The highest BCUT2D eigenvalue weighted by Crippen LogP contribution is 2.20. The van der Waals surface area contributed by atoms with Crippen molar-refractivity contribution < 1.29 is 22.0 Å². The van der Waals surface area contributed by atoms with Crippen molar-refractivity contribution >= 4 is 15.7 Å². The lowest BCUT2D eigenvalue weighted by molar-refractivity contribution is 0.0707. The van der Waals surface area contributed by atoms with Gasteiger partial charge in [0, 0.05) is 24.2 Å². The number of sulfone groups is 1. The van der Waals surface area contributed by atoms with Crippen LogP contribution in [0.25, 0.3) is 0 Å². The van der Waals surface area contributed by atoms with Crippen molar-refractivity contribution in [1.29, 1.82) is 0 Å². The van der Waals surface area contributed by atoms with E-state index in [1.807, 2.05) is 0 Å². The van der Waals surface area contributed by atoms with Crippen LogP contribution >= 0.6 is 0 Å². The minimum Gasteiger partial charge on any atom is -0.335 e. The zero-order valence-electron chi connectivity index (χ0n) is 11.0. The van der Waals surface area contributed by atoms with Gasteiger partial charge in [-0.1, -0.05) is 0 Å². The van der Waals surface area contributed by atoms with Crippen LogP contribution in [0.2, 0.25) is 0 Å². The van der Waals surface area contributed by atoms with Gasteiger partial charge in [0.1, 0.15) is 11.6 Å². The number of carbonyl (C=O) groups excluding carboxylic acids is 1. The predicted octanol–water partition coefficient (Wildman–Crippen LogP) is 1.61. The molecular weight excluding hydrogens is 288 g/mol. The standard InChI is InChI=1S/C13H15F2NO3S/c1-2-16(12-3-4-20(18,19)8-12)13(17)9-5-10(14)7-11(15)6-9/h5-7,12H,2-4,8H2,1H3. The minimum atomic E-state index is -3.12. The van der Waals surface area contributed by atoms with E-state index < -0.39 is 33.4 Å². The molecule has 1 aromatic rings. The van der Waals surface area contributed by atoms with E-state index in [0.717, 1.165) is 12.1 Å². The van der Waals surface area contributed by atoms with Crippen LogP contribution in [0.15, 0.2) is 18.2 Å². The Bertz CT molecular complexity index is 610. The molecular formula is C13H15F2NO3S. The molecule has 0 radical (unpaired) electrons. The van der Waals surface area contributed by atoms with Gasteiger partial charge in [-0.25, -0.2) is 17.2 Å². The van der Waals surface area contributed by atoms with E-state index in [4.69, 9.17) is 0 Å². The average molecular weight is 303 g/mol. The number of rotatable bonds is 3. The van der Waals surface area contributed by atoms with E-state index >= 15 is 0 Å². The van der Waals surface area contributed by atoms with Crippen LogP contribution < -0.4 is 0 Å². The summed E-state index contributed by atoms with van der Waals surface area (Å²) >= 11 is 0.